The Kier molecular flexibility index (Phi) is 11.2. The van der Waals surface area contributed by atoms with E-state index in [1.165, 1.54) is 31.9 Å². The number of benzene rings is 2. The number of fused-ring (bicyclic) bond motifs is 2. The summed E-state index contributed by atoms with van der Waals surface area (Å²) in [7, 11) is 3.30. The van der Waals surface area contributed by atoms with Gasteiger partial charge >= 0.3 is 6.61 Å². The fourth-order valence-electron chi connectivity index (χ4n) is 4.73. The maximum atomic E-state index is 13.4. The number of anilines is 3. The highest BCUT2D eigenvalue weighted by Gasteiger charge is 2.18. The fourth-order valence-corrected chi connectivity index (χ4v) is 4.73. The Balaban J connectivity index is 0.000000713. The third-order valence-corrected chi connectivity index (χ3v) is 6.80. The summed E-state index contributed by atoms with van der Waals surface area (Å²) in [4.78, 5) is 24.8. The number of aryl methyl sites for hydroxylation is 2. The smallest absolute Gasteiger partial charge is 0.387 e. The lowest BCUT2D eigenvalue weighted by Gasteiger charge is -2.27. The number of alkyl halides is 2. The lowest BCUT2D eigenvalue weighted by atomic mass is 10.1. The Hall–Kier alpha value is -5.24. The van der Waals surface area contributed by atoms with Crippen LogP contribution >= 0.6 is 0 Å². The van der Waals surface area contributed by atoms with Crippen LogP contribution in [0, 0.1) is 6.92 Å². The van der Waals surface area contributed by atoms with Crippen molar-refractivity contribution in [3.63, 3.8) is 0 Å². The molecule has 0 bridgehead atoms. The number of halogens is 2. The number of nitrogens with one attached hydrogen (secondary N) is 1. The predicted octanol–water partition coefficient (Wildman–Crippen LogP) is 5.69. The summed E-state index contributed by atoms with van der Waals surface area (Å²) in [6, 6.07) is 12.3. The SMILES string of the molecule is C=CC=O.CN.Cc1cc(Nc2ncnc3ccc(N4CCCCC4)nc23)c(OC(F)F)cc1Oc1ccc2c(c1)nnn2C. The van der Waals surface area contributed by atoms with Crippen LogP contribution in [0.2, 0.25) is 0 Å². The van der Waals surface area contributed by atoms with E-state index in [4.69, 9.17) is 19.3 Å². The van der Waals surface area contributed by atoms with Gasteiger partial charge in [-0.2, -0.15) is 8.78 Å². The van der Waals surface area contributed by atoms with Crippen LogP contribution < -0.4 is 25.4 Å². The summed E-state index contributed by atoms with van der Waals surface area (Å²) in [6.07, 6.45) is 6.68. The van der Waals surface area contributed by atoms with Gasteiger partial charge in [0.15, 0.2) is 11.6 Å². The molecule has 0 unspecified atom stereocenters. The number of aldehydes is 1. The first-order valence-electron chi connectivity index (χ1n) is 14.2. The number of pyridine rings is 1. The highest BCUT2D eigenvalue weighted by Crippen LogP contribution is 2.38. The number of nitrogens with two attached hydrogens (primary N) is 1. The molecule has 6 rings (SSSR count). The largest absolute Gasteiger partial charge is 0.457 e. The molecule has 1 aliphatic heterocycles. The Labute approximate surface area is 258 Å². The van der Waals surface area contributed by atoms with Gasteiger partial charge in [0.05, 0.1) is 16.7 Å². The molecule has 1 fully saturated rings. The Morgan fingerprint density at radius 3 is 2.49 bits per heavy atom. The van der Waals surface area contributed by atoms with Crippen molar-refractivity contribution in [3.05, 3.63) is 67.0 Å². The molecule has 3 aromatic heterocycles. The summed E-state index contributed by atoms with van der Waals surface area (Å²) in [5.41, 5.74) is 8.17. The minimum atomic E-state index is -3.04. The minimum absolute atomic E-state index is 0.0925. The molecule has 45 heavy (non-hydrogen) atoms. The van der Waals surface area contributed by atoms with E-state index < -0.39 is 6.61 Å². The van der Waals surface area contributed by atoms with Crippen molar-refractivity contribution < 1.29 is 23.0 Å². The predicted molar refractivity (Wildman–Crippen MR) is 169 cm³/mol. The van der Waals surface area contributed by atoms with E-state index >= 15 is 0 Å². The number of aromatic nitrogens is 6. The molecule has 4 heterocycles. The van der Waals surface area contributed by atoms with Gasteiger partial charge in [0.1, 0.15) is 41.0 Å². The molecule has 0 spiro atoms. The second-order valence-electron chi connectivity index (χ2n) is 9.76. The van der Waals surface area contributed by atoms with E-state index in [0.29, 0.717) is 51.4 Å². The van der Waals surface area contributed by atoms with E-state index in [1.54, 1.807) is 29.9 Å². The topological polar surface area (TPSA) is 146 Å². The monoisotopic (exact) mass is 619 g/mol. The molecule has 14 heteroatoms. The van der Waals surface area contributed by atoms with Crippen LogP contribution in [0.5, 0.6) is 17.2 Å². The Morgan fingerprint density at radius 2 is 1.78 bits per heavy atom. The van der Waals surface area contributed by atoms with Crippen LogP contribution in [-0.4, -0.2) is 63.0 Å². The number of hydrogen-bond acceptors (Lipinski definition) is 11. The van der Waals surface area contributed by atoms with Crippen molar-refractivity contribution in [2.24, 2.45) is 12.8 Å². The van der Waals surface area contributed by atoms with E-state index in [9.17, 15) is 8.78 Å². The van der Waals surface area contributed by atoms with E-state index in [0.717, 1.165) is 37.3 Å². The van der Waals surface area contributed by atoms with Gasteiger partial charge in [0, 0.05) is 32.3 Å². The molecule has 3 N–H and O–H groups in total. The molecule has 236 valence electrons. The second-order valence-corrected chi connectivity index (χ2v) is 9.76. The van der Waals surface area contributed by atoms with Gasteiger partial charge in [-0.25, -0.2) is 19.6 Å². The van der Waals surface area contributed by atoms with E-state index in [1.807, 2.05) is 25.1 Å². The van der Waals surface area contributed by atoms with Gasteiger partial charge < -0.3 is 25.4 Å². The highest BCUT2D eigenvalue weighted by atomic mass is 19.3. The number of allylic oxidation sites excluding steroid dienone is 1. The lowest BCUT2D eigenvalue weighted by Crippen LogP contribution is -2.30. The van der Waals surface area contributed by atoms with Gasteiger partial charge in [-0.05, 0) is 75.2 Å². The first-order valence-corrected chi connectivity index (χ1v) is 14.2. The standard InChI is InChI=1S/C27H26F2N8O2.C3H4O.CH5N/c1-16-12-20(32-26-25-18(30-15-31-26)7-9-24(33-25)37-10-4-3-5-11-37)23(39-27(28)29)14-22(16)38-17-6-8-21-19(13-17)34-35-36(21)2;1-2-3-4;1-2/h6-9,12-15,27H,3-5,10-11H2,1-2H3,(H,30,31,32);2-3H,1H2;2H2,1H3. The van der Waals surface area contributed by atoms with Crippen molar-refractivity contribution >= 4 is 45.7 Å². The maximum absolute atomic E-state index is 13.4. The first-order chi connectivity index (χ1) is 21.9. The normalized spacial score (nSPS) is 12.6. The molecule has 1 aliphatic rings. The highest BCUT2D eigenvalue weighted by molar-refractivity contribution is 5.89. The average Bonchev–Trinajstić information content (AvgIpc) is 3.43. The molecule has 12 nitrogen and oxygen atoms in total. The number of nitrogens with zero attached hydrogens (tertiary/aromatic N) is 7. The van der Waals surface area contributed by atoms with Crippen molar-refractivity contribution in [3.8, 4) is 17.2 Å². The summed E-state index contributed by atoms with van der Waals surface area (Å²) in [5, 5.41) is 11.2. The Morgan fingerprint density at radius 1 is 1.02 bits per heavy atom. The lowest BCUT2D eigenvalue weighted by molar-refractivity contribution is -0.104. The van der Waals surface area contributed by atoms with Crippen molar-refractivity contribution in [1.29, 1.82) is 0 Å². The maximum Gasteiger partial charge on any atom is 0.387 e. The summed E-state index contributed by atoms with van der Waals surface area (Å²) >= 11 is 0. The number of hydrogen-bond donors (Lipinski definition) is 2. The molecule has 5 aromatic rings. The fraction of sp³-hybridized carbons (Fsp3) is 0.290. The minimum Gasteiger partial charge on any atom is -0.457 e. The van der Waals surface area contributed by atoms with Crippen molar-refractivity contribution in [2.75, 3.05) is 30.4 Å². The van der Waals surface area contributed by atoms with E-state index in [2.05, 4.69) is 42.8 Å². The van der Waals surface area contributed by atoms with Crippen LogP contribution in [0.3, 0.4) is 0 Å². The molecule has 0 saturated carbocycles. The zero-order valence-electron chi connectivity index (χ0n) is 25.3. The third-order valence-electron chi connectivity index (χ3n) is 6.80. The molecule has 0 radical (unpaired) electrons. The molecular formula is C31H35F2N9O3. The second kappa shape index (κ2) is 15.5. The zero-order valence-corrected chi connectivity index (χ0v) is 25.3. The molecule has 0 atom stereocenters. The number of carbonyl (C=O) groups is 1. The zero-order chi connectivity index (χ0) is 32.3. The molecule has 0 aliphatic carbocycles. The van der Waals surface area contributed by atoms with Gasteiger partial charge in [-0.1, -0.05) is 11.8 Å². The van der Waals surface area contributed by atoms with E-state index in [-0.39, 0.29) is 5.75 Å². The van der Waals surface area contributed by atoms with Crippen LogP contribution in [0.25, 0.3) is 22.1 Å². The number of rotatable bonds is 8. The number of ether oxygens (including phenoxy) is 2. The van der Waals surface area contributed by atoms with Crippen LogP contribution in [0.1, 0.15) is 24.8 Å². The van der Waals surface area contributed by atoms with Gasteiger partial charge in [-0.3, -0.25) is 4.79 Å². The molecule has 1 saturated heterocycles. The summed E-state index contributed by atoms with van der Waals surface area (Å²) in [5.74, 6) is 1.98. The summed E-state index contributed by atoms with van der Waals surface area (Å²) < 4.78 is 39.4. The average molecular weight is 620 g/mol. The van der Waals surface area contributed by atoms with Gasteiger partial charge in [0.25, 0.3) is 0 Å². The summed E-state index contributed by atoms with van der Waals surface area (Å²) in [6.45, 7) is 3.76. The number of piperidine rings is 1. The third kappa shape index (κ3) is 8.03. The van der Waals surface area contributed by atoms with Crippen molar-refractivity contribution in [2.45, 2.75) is 32.8 Å². The Bertz CT molecular complexity index is 1750. The van der Waals surface area contributed by atoms with Gasteiger partial charge in [0.2, 0.25) is 0 Å². The molecule has 0 amide bonds. The first kappa shape index (κ1) is 32.7. The van der Waals surface area contributed by atoms with Crippen LogP contribution in [-0.2, 0) is 11.8 Å². The van der Waals surface area contributed by atoms with Crippen LogP contribution in [0.4, 0.5) is 26.1 Å². The van der Waals surface area contributed by atoms with Gasteiger partial charge in [-0.15, -0.1) is 5.10 Å². The molecule has 2 aromatic carbocycles. The number of carbonyl (C=O) groups excluding carboxylic acids is 1. The molecular weight excluding hydrogens is 584 g/mol. The van der Waals surface area contributed by atoms with Crippen molar-refractivity contribution in [1.82, 2.24) is 29.9 Å². The quantitative estimate of drug-likeness (QED) is 0.163. The van der Waals surface area contributed by atoms with Crippen LogP contribution in [0.15, 0.2) is 61.4 Å².